The van der Waals surface area contributed by atoms with Crippen molar-refractivity contribution in [1.29, 1.82) is 0 Å². The number of halogens is 1. The predicted octanol–water partition coefficient (Wildman–Crippen LogP) is 3.95. The number of rotatable bonds is 3. The molecule has 2 aromatic carbocycles. The number of fused-ring (bicyclic) bond motifs is 1. The normalized spacial score (nSPS) is 10.8. The fourth-order valence-electron chi connectivity index (χ4n) is 2.34. The molecule has 1 aromatic heterocycles. The first-order valence-corrected chi connectivity index (χ1v) is 6.74. The summed E-state index contributed by atoms with van der Waals surface area (Å²) in [6, 6.07) is 14.0. The quantitative estimate of drug-likeness (QED) is 0.682. The predicted molar refractivity (Wildman–Crippen MR) is 79.2 cm³/mol. The number of esters is 1. The smallest absolute Gasteiger partial charge is 0.338 e. The van der Waals surface area contributed by atoms with Gasteiger partial charge in [-0.25, -0.2) is 9.18 Å². The average Bonchev–Trinajstić information content (AvgIpc) is 2.91. The van der Waals surface area contributed by atoms with Crippen molar-refractivity contribution in [3.05, 3.63) is 66.1 Å². The van der Waals surface area contributed by atoms with Crippen molar-refractivity contribution >= 4 is 16.9 Å². The van der Waals surface area contributed by atoms with Gasteiger partial charge in [-0.15, -0.1) is 0 Å². The molecule has 0 amide bonds. The van der Waals surface area contributed by atoms with Crippen molar-refractivity contribution in [2.24, 2.45) is 0 Å². The van der Waals surface area contributed by atoms with Crippen LogP contribution in [0.5, 0.6) is 0 Å². The zero-order chi connectivity index (χ0) is 14.8. The van der Waals surface area contributed by atoms with Gasteiger partial charge in [0.05, 0.1) is 23.4 Å². The number of ether oxygens (including phenoxy) is 1. The molecule has 0 aliphatic carbocycles. The van der Waals surface area contributed by atoms with Gasteiger partial charge in [-0.3, -0.25) is 0 Å². The molecule has 0 bridgehead atoms. The van der Waals surface area contributed by atoms with Crippen molar-refractivity contribution in [3.63, 3.8) is 0 Å². The first-order chi connectivity index (χ1) is 10.2. The minimum absolute atomic E-state index is 0.217. The second-order valence-electron chi connectivity index (χ2n) is 4.63. The first-order valence-electron chi connectivity index (χ1n) is 6.74. The molecular weight excluding hydrogens is 269 g/mol. The molecule has 1 heterocycles. The molecule has 0 unspecified atom stereocenters. The lowest BCUT2D eigenvalue weighted by Gasteiger charge is -2.08. The summed E-state index contributed by atoms with van der Waals surface area (Å²) in [6.07, 6.45) is 1.81. The Kier molecular flexibility index (Phi) is 3.44. The van der Waals surface area contributed by atoms with E-state index in [9.17, 15) is 9.18 Å². The van der Waals surface area contributed by atoms with Crippen molar-refractivity contribution in [1.82, 2.24) is 4.57 Å². The number of hydrogen-bond donors (Lipinski definition) is 0. The zero-order valence-electron chi connectivity index (χ0n) is 11.5. The maximum atomic E-state index is 14.3. The Morgan fingerprint density at radius 2 is 2.00 bits per heavy atom. The topological polar surface area (TPSA) is 31.2 Å². The summed E-state index contributed by atoms with van der Waals surface area (Å²) in [6.45, 7) is 1.99. The minimum Gasteiger partial charge on any atom is -0.462 e. The van der Waals surface area contributed by atoms with E-state index in [1.165, 1.54) is 6.07 Å². The molecule has 3 aromatic rings. The van der Waals surface area contributed by atoms with E-state index < -0.39 is 11.8 Å². The SMILES string of the molecule is CCOC(=O)c1ccc(-n2ccc3ccccc32)c(F)c1. The molecule has 3 nitrogen and oxygen atoms in total. The Balaban J connectivity index is 2.05. The van der Waals surface area contributed by atoms with Gasteiger partial charge in [-0.1, -0.05) is 18.2 Å². The molecule has 106 valence electrons. The standard InChI is InChI=1S/C17H14FNO2/c1-2-21-17(20)13-7-8-16(14(18)11-13)19-10-9-12-5-3-4-6-15(12)19/h3-11H,2H2,1H3. The van der Waals surface area contributed by atoms with Crippen LogP contribution in [0.1, 0.15) is 17.3 Å². The molecule has 0 N–H and O–H groups in total. The van der Waals surface area contributed by atoms with Crippen LogP contribution in [0, 0.1) is 5.82 Å². The van der Waals surface area contributed by atoms with Crippen LogP contribution >= 0.6 is 0 Å². The Morgan fingerprint density at radius 1 is 1.19 bits per heavy atom. The lowest BCUT2D eigenvalue weighted by molar-refractivity contribution is 0.0526. The molecule has 0 radical (unpaired) electrons. The highest BCUT2D eigenvalue weighted by molar-refractivity contribution is 5.90. The summed E-state index contributed by atoms with van der Waals surface area (Å²) in [7, 11) is 0. The average molecular weight is 283 g/mol. The van der Waals surface area contributed by atoms with Gasteiger partial charge >= 0.3 is 5.97 Å². The maximum absolute atomic E-state index is 14.3. The molecule has 3 rings (SSSR count). The molecule has 0 spiro atoms. The molecule has 0 atom stereocenters. The number of nitrogens with zero attached hydrogens (tertiary/aromatic N) is 1. The summed E-state index contributed by atoms with van der Waals surface area (Å²) < 4.78 is 20.9. The van der Waals surface area contributed by atoms with Gasteiger partial charge in [0.15, 0.2) is 0 Å². The van der Waals surface area contributed by atoms with Crippen LogP contribution in [0.3, 0.4) is 0 Å². The number of hydrogen-bond acceptors (Lipinski definition) is 2. The molecule has 0 aliphatic rings. The van der Waals surface area contributed by atoms with Crippen molar-refractivity contribution in [2.45, 2.75) is 6.92 Å². The largest absolute Gasteiger partial charge is 0.462 e. The summed E-state index contributed by atoms with van der Waals surface area (Å²) >= 11 is 0. The molecule has 0 aliphatic heterocycles. The first kappa shape index (κ1) is 13.4. The van der Waals surface area contributed by atoms with Gasteiger partial charge < -0.3 is 9.30 Å². The number of aromatic nitrogens is 1. The Bertz CT molecular complexity index is 807. The van der Waals surface area contributed by atoms with E-state index in [4.69, 9.17) is 4.74 Å². The van der Waals surface area contributed by atoms with Crippen LogP contribution in [0.4, 0.5) is 4.39 Å². The van der Waals surface area contributed by atoms with Crippen LogP contribution in [0.2, 0.25) is 0 Å². The molecule has 0 saturated heterocycles. The van der Waals surface area contributed by atoms with Crippen molar-refractivity contribution < 1.29 is 13.9 Å². The molecule has 4 heteroatoms. The van der Waals surface area contributed by atoms with Gasteiger partial charge in [0.2, 0.25) is 0 Å². The lowest BCUT2D eigenvalue weighted by Crippen LogP contribution is -2.06. The molecule has 21 heavy (non-hydrogen) atoms. The van der Waals surface area contributed by atoms with Crippen LogP contribution < -0.4 is 0 Å². The Morgan fingerprint density at radius 3 is 2.76 bits per heavy atom. The van der Waals surface area contributed by atoms with Crippen molar-refractivity contribution in [3.8, 4) is 5.69 Å². The highest BCUT2D eigenvalue weighted by Gasteiger charge is 2.12. The fourth-order valence-corrected chi connectivity index (χ4v) is 2.34. The van der Waals surface area contributed by atoms with Crippen molar-refractivity contribution in [2.75, 3.05) is 6.61 Å². The van der Waals surface area contributed by atoms with E-state index in [2.05, 4.69) is 0 Å². The second kappa shape index (κ2) is 5.40. The number of para-hydroxylation sites is 1. The maximum Gasteiger partial charge on any atom is 0.338 e. The van der Waals surface area contributed by atoms with E-state index >= 15 is 0 Å². The van der Waals surface area contributed by atoms with Crippen LogP contribution in [0.25, 0.3) is 16.6 Å². The van der Waals surface area contributed by atoms with Gasteiger partial charge in [0.25, 0.3) is 0 Å². The highest BCUT2D eigenvalue weighted by atomic mass is 19.1. The third-order valence-corrected chi connectivity index (χ3v) is 3.32. The lowest BCUT2D eigenvalue weighted by atomic mass is 10.2. The van der Waals surface area contributed by atoms with Crippen LogP contribution in [0.15, 0.2) is 54.7 Å². The van der Waals surface area contributed by atoms with Gasteiger partial charge in [0, 0.05) is 6.20 Å². The Labute approximate surface area is 121 Å². The summed E-state index contributed by atoms with van der Waals surface area (Å²) in [5.41, 5.74) is 1.54. The second-order valence-corrected chi connectivity index (χ2v) is 4.63. The fraction of sp³-hybridized carbons (Fsp3) is 0.118. The van der Waals surface area contributed by atoms with Crippen LogP contribution in [-0.2, 0) is 4.74 Å². The molecule has 0 fully saturated rings. The van der Waals surface area contributed by atoms with E-state index in [-0.39, 0.29) is 12.2 Å². The van der Waals surface area contributed by atoms with E-state index in [0.29, 0.717) is 5.69 Å². The summed E-state index contributed by atoms with van der Waals surface area (Å²) in [4.78, 5) is 11.6. The van der Waals surface area contributed by atoms with E-state index in [1.54, 1.807) is 23.6 Å². The monoisotopic (exact) mass is 283 g/mol. The van der Waals surface area contributed by atoms with Gasteiger partial charge in [-0.05, 0) is 42.6 Å². The number of carbonyl (C=O) groups excluding carboxylic acids is 1. The molecule has 0 saturated carbocycles. The third-order valence-electron chi connectivity index (χ3n) is 3.32. The van der Waals surface area contributed by atoms with Gasteiger partial charge in [0.1, 0.15) is 5.82 Å². The minimum atomic E-state index is -0.514. The highest BCUT2D eigenvalue weighted by Crippen LogP contribution is 2.23. The number of benzene rings is 2. The molecular formula is C17H14FNO2. The summed E-state index contributed by atoms with van der Waals surface area (Å²) in [5, 5.41) is 1.03. The zero-order valence-corrected chi connectivity index (χ0v) is 11.5. The van der Waals surface area contributed by atoms with Crippen LogP contribution in [-0.4, -0.2) is 17.1 Å². The van der Waals surface area contributed by atoms with E-state index in [1.807, 2.05) is 36.5 Å². The summed E-state index contributed by atoms with van der Waals surface area (Å²) in [5.74, 6) is -0.970. The Hall–Kier alpha value is -2.62. The van der Waals surface area contributed by atoms with Gasteiger partial charge in [-0.2, -0.15) is 0 Å². The third kappa shape index (κ3) is 2.40. The van der Waals surface area contributed by atoms with E-state index in [0.717, 1.165) is 10.9 Å². The number of carbonyl (C=O) groups is 1.